The maximum atomic E-state index is 8.03. The molecule has 0 fully saturated rings. The SMILES string of the molecule is [C-]#[N+]c1nc(N=Nc2sc(N(CC)CC)nc2-c2ccccc2)n(Cc2ccccc2Cn2c(N=Nc3sc(N(CC)CC)nc3C(C)(C)C)nc([N+]#[C-])c2[N+]#[C-])c1[N+]#[C-]. The molecule has 2 aromatic carbocycles. The van der Waals surface area contributed by atoms with Crippen molar-refractivity contribution >= 4 is 78.1 Å². The number of thiazole rings is 2. The van der Waals surface area contributed by atoms with Gasteiger partial charge in [0.2, 0.25) is 0 Å². The molecule has 0 saturated heterocycles. The van der Waals surface area contributed by atoms with Gasteiger partial charge in [-0.2, -0.15) is 0 Å². The molecule has 16 nitrogen and oxygen atoms in total. The highest BCUT2D eigenvalue weighted by Crippen LogP contribution is 2.43. The van der Waals surface area contributed by atoms with E-state index in [0.29, 0.717) is 15.7 Å². The van der Waals surface area contributed by atoms with Crippen molar-refractivity contribution in [3.8, 4) is 11.3 Å². The van der Waals surface area contributed by atoms with Gasteiger partial charge in [-0.25, -0.2) is 19.1 Å². The van der Waals surface area contributed by atoms with Crippen LogP contribution < -0.4 is 9.80 Å². The van der Waals surface area contributed by atoms with Gasteiger partial charge in [0.1, 0.15) is 18.8 Å². The zero-order valence-corrected chi connectivity index (χ0v) is 36.0. The fraction of sp³-hybridized carbons (Fsp3) is 0.333. The maximum Gasteiger partial charge on any atom is 0.417 e. The first-order chi connectivity index (χ1) is 29.0. The molecule has 0 spiro atoms. The average molecular weight is 835 g/mol. The van der Waals surface area contributed by atoms with E-state index in [1.165, 1.54) is 22.7 Å². The first kappa shape index (κ1) is 42.5. The molecule has 0 bridgehead atoms. The van der Waals surface area contributed by atoms with Crippen molar-refractivity contribution in [2.24, 2.45) is 20.5 Å². The van der Waals surface area contributed by atoms with Crippen molar-refractivity contribution in [2.45, 2.75) is 67.0 Å². The van der Waals surface area contributed by atoms with Gasteiger partial charge in [0.15, 0.2) is 20.3 Å². The standard InChI is InChI=1S/C42H42N16S2/c1-12-55(13-2)40-47-30(27-21-17-16-18-22-27)36(59-40)51-53-38-49-32(43-8)34(45-10)57(38)25-28-23-19-20-24-29(28)26-58-35(46-11)33(44-9)50-39(58)54-52-37-31(42(5,6)7)48-41(60-37)56(14-3)15-4/h16-24H,12-15,25-26H2,1-7H3. The average Bonchev–Trinajstić information content (AvgIpc) is 4.04. The first-order valence-electron chi connectivity index (χ1n) is 19.2. The fourth-order valence-electron chi connectivity index (χ4n) is 6.31. The summed E-state index contributed by atoms with van der Waals surface area (Å²) in [5, 5.41) is 21.2. The number of benzene rings is 2. The number of hydrogen-bond donors (Lipinski definition) is 0. The minimum absolute atomic E-state index is 0.0164. The molecule has 0 unspecified atom stereocenters. The number of rotatable bonds is 15. The van der Waals surface area contributed by atoms with Crippen molar-refractivity contribution in [3.63, 3.8) is 0 Å². The Morgan fingerprint density at radius 2 is 1.03 bits per heavy atom. The van der Waals surface area contributed by atoms with Gasteiger partial charge in [0.05, 0.1) is 5.69 Å². The lowest BCUT2D eigenvalue weighted by Gasteiger charge is -2.18. The van der Waals surface area contributed by atoms with E-state index in [1.807, 2.05) is 54.6 Å². The first-order valence-corrected chi connectivity index (χ1v) is 20.8. The molecule has 18 heteroatoms. The molecule has 0 radical (unpaired) electrons. The summed E-state index contributed by atoms with van der Waals surface area (Å²) in [7, 11) is 0. The number of nitrogens with zero attached hydrogens (tertiary/aromatic N) is 16. The molecule has 0 aliphatic carbocycles. The Kier molecular flexibility index (Phi) is 13.2. The third kappa shape index (κ3) is 8.81. The molecule has 0 atom stereocenters. The topological polar surface area (TPSA) is 135 Å². The van der Waals surface area contributed by atoms with Gasteiger partial charge < -0.3 is 29.2 Å². The molecule has 0 aliphatic heterocycles. The lowest BCUT2D eigenvalue weighted by Crippen LogP contribution is -2.22. The molecule has 0 N–H and O–H groups in total. The Morgan fingerprint density at radius 1 is 0.583 bits per heavy atom. The van der Waals surface area contributed by atoms with Crippen LogP contribution in [0.15, 0.2) is 75.1 Å². The van der Waals surface area contributed by atoms with Crippen LogP contribution in [0.5, 0.6) is 0 Å². The zero-order valence-electron chi connectivity index (χ0n) is 34.4. The second-order valence-electron chi connectivity index (χ2n) is 14.2. The predicted octanol–water partition coefficient (Wildman–Crippen LogP) is 12.8. The van der Waals surface area contributed by atoms with Crippen LogP contribution in [0.25, 0.3) is 30.6 Å². The quantitative estimate of drug-likeness (QED) is 0.0746. The van der Waals surface area contributed by atoms with Gasteiger partial charge in [-0.3, -0.25) is 0 Å². The summed E-state index contributed by atoms with van der Waals surface area (Å²) in [6.45, 7) is 49.5. The van der Waals surface area contributed by atoms with E-state index in [2.05, 4.69) is 108 Å². The highest BCUT2D eigenvalue weighted by molar-refractivity contribution is 7.20. The molecule has 6 aromatic rings. The Morgan fingerprint density at radius 3 is 1.48 bits per heavy atom. The third-order valence-electron chi connectivity index (χ3n) is 9.49. The van der Waals surface area contributed by atoms with Crippen molar-refractivity contribution in [3.05, 3.63) is 117 Å². The van der Waals surface area contributed by atoms with Gasteiger partial charge in [-0.15, -0.1) is 10.2 Å². The van der Waals surface area contributed by atoms with Crippen LogP contribution in [0.4, 0.5) is 55.4 Å². The highest BCUT2D eigenvalue weighted by Gasteiger charge is 2.29. The third-order valence-corrected chi connectivity index (χ3v) is 11.5. The summed E-state index contributed by atoms with van der Waals surface area (Å²) in [4.78, 5) is 37.5. The number of aromatic nitrogens is 6. The molecular weight excluding hydrogens is 793 g/mol. The van der Waals surface area contributed by atoms with Crippen molar-refractivity contribution in [1.29, 1.82) is 0 Å². The lowest BCUT2D eigenvalue weighted by atomic mass is 9.93. The lowest BCUT2D eigenvalue weighted by molar-refractivity contribution is 0.573. The van der Waals surface area contributed by atoms with E-state index in [4.69, 9.17) is 36.3 Å². The van der Waals surface area contributed by atoms with Crippen LogP contribution in [-0.4, -0.2) is 55.2 Å². The molecule has 6 rings (SSSR count). The predicted molar refractivity (Wildman–Crippen MR) is 238 cm³/mol. The van der Waals surface area contributed by atoms with Crippen molar-refractivity contribution < 1.29 is 0 Å². The molecule has 0 aliphatic rings. The molecule has 4 heterocycles. The van der Waals surface area contributed by atoms with Gasteiger partial charge in [0, 0.05) is 37.2 Å². The number of anilines is 2. The minimum atomic E-state index is -0.323. The van der Waals surface area contributed by atoms with Gasteiger partial charge in [-0.05, 0) is 38.8 Å². The Labute approximate surface area is 357 Å². The molecule has 4 aromatic heterocycles. The van der Waals surface area contributed by atoms with Gasteiger partial charge >= 0.3 is 11.9 Å². The van der Waals surface area contributed by atoms with Crippen LogP contribution >= 0.6 is 22.7 Å². The van der Waals surface area contributed by atoms with Crippen molar-refractivity contribution in [2.75, 3.05) is 36.0 Å². The smallest absolute Gasteiger partial charge is 0.373 e. The van der Waals surface area contributed by atoms with Crippen LogP contribution in [0, 0.1) is 26.3 Å². The van der Waals surface area contributed by atoms with E-state index in [-0.39, 0.29) is 53.7 Å². The van der Waals surface area contributed by atoms with Crippen LogP contribution in [-0.2, 0) is 18.5 Å². The molecule has 0 amide bonds. The highest BCUT2D eigenvalue weighted by atomic mass is 32.1. The summed E-state index contributed by atoms with van der Waals surface area (Å²) >= 11 is 2.84. The fourth-order valence-corrected chi connectivity index (χ4v) is 8.58. The monoisotopic (exact) mass is 834 g/mol. The Bertz CT molecular complexity index is 2710. The second-order valence-corrected chi connectivity index (χ2v) is 16.1. The summed E-state index contributed by atoms with van der Waals surface area (Å²) in [6.07, 6.45) is 0. The van der Waals surface area contributed by atoms with E-state index < -0.39 is 0 Å². The van der Waals surface area contributed by atoms with Gasteiger partial charge in [-0.1, -0.05) is 145 Å². The minimum Gasteiger partial charge on any atom is -0.373 e. The van der Waals surface area contributed by atoms with Crippen LogP contribution in [0.2, 0.25) is 0 Å². The number of azo groups is 2. The number of imidazole rings is 2. The van der Waals surface area contributed by atoms with E-state index in [0.717, 1.165) is 58.8 Å². The molecule has 302 valence electrons. The molecule has 60 heavy (non-hydrogen) atoms. The summed E-state index contributed by atoms with van der Waals surface area (Å²) in [6, 6.07) is 17.2. The normalized spacial score (nSPS) is 11.4. The largest absolute Gasteiger partial charge is 0.417 e. The molecular formula is C42H42N16S2. The van der Waals surface area contributed by atoms with Crippen LogP contribution in [0.1, 0.15) is 65.3 Å². The zero-order chi connectivity index (χ0) is 43.0. The molecule has 0 saturated carbocycles. The second kappa shape index (κ2) is 18.6. The Hall–Kier alpha value is -7.12. The number of hydrogen-bond acceptors (Lipinski definition) is 12. The summed E-state index contributed by atoms with van der Waals surface area (Å²) in [5.74, 6) is 0.0338. The summed E-state index contributed by atoms with van der Waals surface area (Å²) < 4.78 is 3.14. The van der Waals surface area contributed by atoms with Crippen molar-refractivity contribution in [1.82, 2.24) is 29.1 Å². The Balaban J connectivity index is 1.40. The van der Waals surface area contributed by atoms with E-state index in [9.17, 15) is 0 Å². The van der Waals surface area contributed by atoms with Gasteiger partial charge in [0.25, 0.3) is 23.3 Å². The maximum absolute atomic E-state index is 8.03. The van der Waals surface area contributed by atoms with Crippen LogP contribution in [0.3, 0.4) is 0 Å². The summed E-state index contributed by atoms with van der Waals surface area (Å²) in [5.41, 5.74) is 3.51. The van der Waals surface area contributed by atoms with E-state index in [1.54, 1.807) is 9.13 Å². The van der Waals surface area contributed by atoms with E-state index >= 15 is 0 Å².